The summed E-state index contributed by atoms with van der Waals surface area (Å²) < 4.78 is 14.0. The molecule has 1 aromatic carbocycles. The minimum Gasteiger partial charge on any atom is -0.147 e. The number of nitrogens with zero attached hydrogens (tertiary/aromatic N) is 1. The summed E-state index contributed by atoms with van der Waals surface area (Å²) in [5, 5.41) is 0.844. The molecule has 0 aliphatic rings. The molecule has 62 valence electrons. The molecule has 1 aromatic rings. The number of halogens is 1. The molecule has 0 aliphatic heterocycles. The molecule has 0 spiro atoms. The van der Waals surface area contributed by atoms with Crippen molar-refractivity contribution in [2.45, 2.75) is 5.02 Å². The summed E-state index contributed by atoms with van der Waals surface area (Å²) in [5.74, 6) is 0.896. The van der Waals surface area contributed by atoms with Crippen LogP contribution in [0.4, 0.5) is 0 Å². The summed E-state index contributed by atoms with van der Waals surface area (Å²) in [6.07, 6.45) is 0. The van der Waals surface area contributed by atoms with E-state index in [1.165, 1.54) is 0 Å². The van der Waals surface area contributed by atoms with Crippen LogP contribution in [0.5, 0.6) is 5.75 Å². The van der Waals surface area contributed by atoms with E-state index in [1.807, 2.05) is 24.3 Å². The smallest absolute Gasteiger partial charge is 0.147 e. The van der Waals surface area contributed by atoms with E-state index < -0.39 is 16.8 Å². The Morgan fingerprint density at radius 1 is 1.42 bits per heavy atom. The van der Waals surface area contributed by atoms with Gasteiger partial charge in [0.1, 0.15) is 0 Å². The number of ether oxygens (including phenoxy) is 1. The van der Waals surface area contributed by atoms with Crippen molar-refractivity contribution in [3.05, 3.63) is 29.8 Å². The topological polar surface area (TPSA) is 33.0 Å². The third-order valence-corrected chi connectivity index (χ3v) is 3.17. The summed E-state index contributed by atoms with van der Waals surface area (Å²) in [7, 11) is 1.66. The SMILES string of the molecule is COc1ccccc1[CH2][Zn]#[N].Cl. The first-order chi connectivity index (χ1) is 5.38. The van der Waals surface area contributed by atoms with Crippen molar-refractivity contribution in [3.8, 4) is 5.75 Å². The molecule has 0 aromatic heterocycles. The number of benzene rings is 1. The van der Waals surface area contributed by atoms with E-state index in [4.69, 9.17) is 8.65 Å². The third-order valence-electron chi connectivity index (χ3n) is 1.57. The summed E-state index contributed by atoms with van der Waals surface area (Å²) in [4.78, 5) is 0. The number of hydrogen-bond acceptors (Lipinski definition) is 2. The van der Waals surface area contributed by atoms with Gasteiger partial charge in [0.25, 0.3) is 0 Å². The van der Waals surface area contributed by atoms with Crippen LogP contribution in [0.25, 0.3) is 0 Å². The van der Waals surface area contributed by atoms with Gasteiger partial charge in [0.05, 0.1) is 0 Å². The molecule has 0 radical (unpaired) electrons. The van der Waals surface area contributed by atoms with Gasteiger partial charge >= 0.3 is 73.1 Å². The van der Waals surface area contributed by atoms with Crippen molar-refractivity contribution in [3.63, 3.8) is 0 Å². The van der Waals surface area contributed by atoms with Crippen molar-refractivity contribution < 1.29 is 21.5 Å². The van der Waals surface area contributed by atoms with Crippen LogP contribution >= 0.6 is 12.4 Å². The number of methoxy groups -OCH3 is 1. The molecule has 0 amide bonds. The Labute approximate surface area is 85.6 Å². The quantitative estimate of drug-likeness (QED) is 0.738. The Hall–Kier alpha value is -0.357. The predicted molar refractivity (Wildman–Crippen MR) is 45.7 cm³/mol. The Kier molecular flexibility index (Phi) is 6.01. The zero-order valence-electron chi connectivity index (χ0n) is 6.99. The van der Waals surface area contributed by atoms with E-state index in [2.05, 4.69) is 0 Å². The van der Waals surface area contributed by atoms with Crippen LogP contribution < -0.4 is 4.74 Å². The fraction of sp³-hybridized carbons (Fsp3) is 0.250. The Morgan fingerprint density at radius 3 is 2.67 bits per heavy atom. The monoisotopic (exact) mass is 235 g/mol. The molecular weight excluding hydrogens is 227 g/mol. The average Bonchev–Trinajstić information content (AvgIpc) is 2.06. The average molecular weight is 237 g/mol. The summed E-state index contributed by atoms with van der Waals surface area (Å²) in [6.45, 7) is 0. The minimum absolute atomic E-state index is 0. The molecule has 0 saturated heterocycles. The first-order valence-corrected chi connectivity index (χ1v) is 7.03. The molecule has 0 bridgehead atoms. The van der Waals surface area contributed by atoms with Crippen LogP contribution in [0.1, 0.15) is 5.56 Å². The van der Waals surface area contributed by atoms with Gasteiger partial charge in [-0.25, -0.2) is 0 Å². The maximum absolute atomic E-state index is 8.87. The molecule has 0 unspecified atom stereocenters. The summed E-state index contributed by atoms with van der Waals surface area (Å²) >= 11 is -1.27. The van der Waals surface area contributed by atoms with Gasteiger partial charge in [0.2, 0.25) is 0 Å². The van der Waals surface area contributed by atoms with Gasteiger partial charge in [-0.3, -0.25) is 0 Å². The molecule has 0 heterocycles. The molecule has 0 fully saturated rings. The van der Waals surface area contributed by atoms with E-state index in [1.54, 1.807) is 7.11 Å². The number of para-hydroxylation sites is 1. The van der Waals surface area contributed by atoms with Crippen LogP contribution in [0.3, 0.4) is 0 Å². The Morgan fingerprint density at radius 2 is 2.08 bits per heavy atom. The zero-order chi connectivity index (χ0) is 8.10. The van der Waals surface area contributed by atoms with Crippen molar-refractivity contribution in [1.29, 1.82) is 3.92 Å². The molecular formula is C8H10ClNOZn. The largest absolute Gasteiger partial charge is 0.147 e. The standard InChI is InChI=1S/C8H9O.ClH.N.Zn/c1-7-5-3-4-6-8(7)9-2;;;/h3-6H,1H2,2H3;1H;;. The van der Waals surface area contributed by atoms with Crippen LogP contribution in [0, 0.1) is 3.92 Å². The maximum Gasteiger partial charge on any atom is -0.147 e. The van der Waals surface area contributed by atoms with E-state index >= 15 is 0 Å². The van der Waals surface area contributed by atoms with Gasteiger partial charge in [0, 0.05) is 0 Å². The van der Waals surface area contributed by atoms with Gasteiger partial charge in [-0.2, -0.15) is 0 Å². The van der Waals surface area contributed by atoms with Gasteiger partial charge in [-0.1, -0.05) is 0 Å². The molecule has 2 nitrogen and oxygen atoms in total. The van der Waals surface area contributed by atoms with E-state index in [-0.39, 0.29) is 12.4 Å². The molecule has 0 aliphatic carbocycles. The summed E-state index contributed by atoms with van der Waals surface area (Å²) in [5.41, 5.74) is 1.14. The second-order valence-corrected chi connectivity index (χ2v) is 4.27. The van der Waals surface area contributed by atoms with Crippen molar-refractivity contribution in [2.75, 3.05) is 7.11 Å². The van der Waals surface area contributed by atoms with Crippen LogP contribution in [0.2, 0.25) is 0 Å². The maximum atomic E-state index is 8.87. The first kappa shape index (κ1) is 11.6. The van der Waals surface area contributed by atoms with E-state index in [0.717, 1.165) is 16.3 Å². The van der Waals surface area contributed by atoms with Crippen LogP contribution in [0.15, 0.2) is 24.3 Å². The number of rotatable bonds is 2. The first-order valence-electron chi connectivity index (χ1n) is 3.61. The van der Waals surface area contributed by atoms with Crippen LogP contribution in [-0.4, -0.2) is 7.11 Å². The fourth-order valence-corrected chi connectivity index (χ4v) is 2.40. The minimum atomic E-state index is -1.27. The third kappa shape index (κ3) is 2.94. The second kappa shape index (κ2) is 6.19. The Balaban J connectivity index is 0.00000121. The second-order valence-electron chi connectivity index (χ2n) is 2.29. The van der Waals surface area contributed by atoms with Crippen molar-refractivity contribution in [2.24, 2.45) is 0 Å². The molecule has 0 saturated carbocycles. The Bertz CT molecular complexity index is 285. The van der Waals surface area contributed by atoms with Gasteiger partial charge < -0.3 is 0 Å². The summed E-state index contributed by atoms with van der Waals surface area (Å²) in [6, 6.07) is 7.83. The van der Waals surface area contributed by atoms with Crippen LogP contribution in [-0.2, 0) is 21.8 Å². The van der Waals surface area contributed by atoms with E-state index in [9.17, 15) is 0 Å². The van der Waals surface area contributed by atoms with Gasteiger partial charge in [0.15, 0.2) is 0 Å². The number of hydrogen-bond donors (Lipinski definition) is 0. The normalized spacial score (nSPS) is 9.00. The molecule has 12 heavy (non-hydrogen) atoms. The molecule has 4 heteroatoms. The zero-order valence-corrected chi connectivity index (χ0v) is 10.8. The molecule has 0 N–H and O–H groups in total. The van der Waals surface area contributed by atoms with Crippen molar-refractivity contribution in [1.82, 2.24) is 0 Å². The molecule has 1 rings (SSSR count). The fourth-order valence-electron chi connectivity index (χ4n) is 1.03. The van der Waals surface area contributed by atoms with Crippen molar-refractivity contribution >= 4 is 12.4 Å². The predicted octanol–water partition coefficient (Wildman–Crippen LogP) is 2.18. The molecule has 0 atom stereocenters. The van der Waals surface area contributed by atoms with E-state index in [0.29, 0.717) is 0 Å². The van der Waals surface area contributed by atoms with Gasteiger partial charge in [-0.15, -0.1) is 12.4 Å². The van der Waals surface area contributed by atoms with Gasteiger partial charge in [-0.05, 0) is 0 Å².